The second-order valence-electron chi connectivity index (χ2n) is 8.20. The molecule has 172 valence electrons. The molecule has 0 unspecified atom stereocenters. The van der Waals surface area contributed by atoms with Crippen molar-refractivity contribution in [1.29, 1.82) is 0 Å². The Balaban J connectivity index is 1.46. The lowest BCUT2D eigenvalue weighted by molar-refractivity contribution is -0.211. The van der Waals surface area contributed by atoms with Gasteiger partial charge in [0.25, 0.3) is 0 Å². The molecule has 0 amide bonds. The Morgan fingerprint density at radius 1 is 0.697 bits per heavy atom. The van der Waals surface area contributed by atoms with E-state index in [1.165, 1.54) is 0 Å². The van der Waals surface area contributed by atoms with E-state index in [9.17, 15) is 4.79 Å². The van der Waals surface area contributed by atoms with E-state index in [1.54, 1.807) is 6.92 Å². The summed E-state index contributed by atoms with van der Waals surface area (Å²) in [5, 5.41) is 0. The molecular weight excluding hydrogens is 416 g/mol. The van der Waals surface area contributed by atoms with Crippen molar-refractivity contribution in [2.24, 2.45) is 0 Å². The van der Waals surface area contributed by atoms with Crippen LogP contribution < -0.4 is 0 Å². The number of carbonyl (C=O) groups excluding carboxylic acids is 1. The Kier molecular flexibility index (Phi) is 8.39. The lowest BCUT2D eigenvalue weighted by atomic mass is 9.96. The Morgan fingerprint density at radius 2 is 1.18 bits per heavy atom. The molecule has 0 N–H and O–H groups in total. The third-order valence-corrected chi connectivity index (χ3v) is 5.68. The van der Waals surface area contributed by atoms with Gasteiger partial charge in [-0.25, -0.2) is 0 Å². The van der Waals surface area contributed by atoms with Gasteiger partial charge < -0.3 is 18.9 Å². The fraction of sp³-hybridized carbons (Fsp3) is 0.321. The average molecular weight is 447 g/mol. The van der Waals surface area contributed by atoms with Crippen LogP contribution in [0, 0.1) is 0 Å². The van der Waals surface area contributed by atoms with Gasteiger partial charge in [-0.05, 0) is 23.6 Å². The molecule has 33 heavy (non-hydrogen) atoms. The Hall–Kier alpha value is -2.83. The number of rotatable bonds is 10. The van der Waals surface area contributed by atoms with Gasteiger partial charge in [-0.3, -0.25) is 4.79 Å². The predicted molar refractivity (Wildman–Crippen MR) is 125 cm³/mol. The molecule has 3 aromatic rings. The summed E-state index contributed by atoms with van der Waals surface area (Å²) in [5.41, 5.74) is 3.11. The highest BCUT2D eigenvalue weighted by Gasteiger charge is 2.45. The first kappa shape index (κ1) is 23.3. The molecule has 0 spiro atoms. The lowest BCUT2D eigenvalue weighted by Gasteiger charge is -2.39. The molecule has 0 aliphatic carbocycles. The monoisotopic (exact) mass is 446 g/mol. The molecule has 5 nitrogen and oxygen atoms in total. The van der Waals surface area contributed by atoms with Crippen molar-refractivity contribution in [3.63, 3.8) is 0 Å². The summed E-state index contributed by atoms with van der Waals surface area (Å²) in [6, 6.07) is 29.7. The maximum Gasteiger partial charge on any atom is 0.192 e. The topological polar surface area (TPSA) is 54.0 Å². The van der Waals surface area contributed by atoms with Gasteiger partial charge in [-0.15, -0.1) is 0 Å². The number of hydrogen-bond donors (Lipinski definition) is 0. The van der Waals surface area contributed by atoms with Gasteiger partial charge in [0.1, 0.15) is 24.4 Å². The number of ketones is 1. The van der Waals surface area contributed by atoms with Gasteiger partial charge in [-0.2, -0.15) is 0 Å². The number of ether oxygens (including phenoxy) is 4. The van der Waals surface area contributed by atoms with Crippen molar-refractivity contribution in [1.82, 2.24) is 0 Å². The number of hydrogen-bond acceptors (Lipinski definition) is 5. The van der Waals surface area contributed by atoms with Gasteiger partial charge in [0, 0.05) is 0 Å². The highest BCUT2D eigenvalue weighted by Crippen LogP contribution is 2.25. The van der Waals surface area contributed by atoms with Crippen molar-refractivity contribution in [3.05, 3.63) is 108 Å². The first-order valence-electron chi connectivity index (χ1n) is 11.3. The van der Waals surface area contributed by atoms with E-state index >= 15 is 0 Å². The summed E-state index contributed by atoms with van der Waals surface area (Å²) in [5.74, 6) is -0.108. The van der Waals surface area contributed by atoms with Crippen molar-refractivity contribution in [2.45, 2.75) is 51.2 Å². The minimum atomic E-state index is -0.733. The molecule has 3 aromatic carbocycles. The zero-order valence-electron chi connectivity index (χ0n) is 18.8. The summed E-state index contributed by atoms with van der Waals surface area (Å²) in [6.07, 6.45) is -2.32. The molecule has 0 saturated carbocycles. The van der Waals surface area contributed by atoms with E-state index in [0.29, 0.717) is 26.4 Å². The number of benzene rings is 3. The Labute approximate surface area is 195 Å². The van der Waals surface area contributed by atoms with E-state index < -0.39 is 24.4 Å². The quantitative estimate of drug-likeness (QED) is 0.451. The Bertz CT molecular complexity index is 977. The van der Waals surface area contributed by atoms with E-state index in [0.717, 1.165) is 16.7 Å². The normalized spacial score (nSPS) is 22.9. The molecule has 4 atom stereocenters. The van der Waals surface area contributed by atoms with Gasteiger partial charge >= 0.3 is 0 Å². The molecule has 1 aliphatic rings. The average Bonchev–Trinajstić information content (AvgIpc) is 2.86. The standard InChI is InChI=1S/C28H30O5/c1-21-26(29)28(32-19-24-15-9-4-10-16-24)27(31-18-23-13-7-3-8-14-23)25(33-21)20-30-17-22-11-5-2-6-12-22/h2-16,21,25,27-28H,17-20H2,1H3/t21-,25+,27+,28+/m0/s1. The molecule has 0 aromatic heterocycles. The summed E-state index contributed by atoms with van der Waals surface area (Å²) in [6.45, 7) is 3.21. The van der Waals surface area contributed by atoms with Crippen molar-refractivity contribution >= 4 is 5.78 Å². The third-order valence-electron chi connectivity index (χ3n) is 5.68. The van der Waals surface area contributed by atoms with Crippen molar-refractivity contribution in [3.8, 4) is 0 Å². The molecule has 1 saturated heterocycles. The zero-order valence-corrected chi connectivity index (χ0v) is 18.8. The van der Waals surface area contributed by atoms with Crippen LogP contribution in [-0.4, -0.2) is 36.8 Å². The lowest BCUT2D eigenvalue weighted by Crippen LogP contribution is -2.57. The molecular formula is C28H30O5. The van der Waals surface area contributed by atoms with Crippen LogP contribution in [0.3, 0.4) is 0 Å². The predicted octanol–water partition coefficient (Wildman–Crippen LogP) is 4.73. The molecule has 1 heterocycles. The number of carbonyl (C=O) groups is 1. The summed E-state index contributed by atoms with van der Waals surface area (Å²) in [4.78, 5) is 13.0. The first-order valence-corrected chi connectivity index (χ1v) is 11.3. The van der Waals surface area contributed by atoms with Crippen LogP contribution in [0.25, 0.3) is 0 Å². The largest absolute Gasteiger partial charge is 0.374 e. The van der Waals surface area contributed by atoms with Crippen molar-refractivity contribution in [2.75, 3.05) is 6.61 Å². The summed E-state index contributed by atoms with van der Waals surface area (Å²) < 4.78 is 24.4. The van der Waals surface area contributed by atoms with Crippen LogP contribution in [0.5, 0.6) is 0 Å². The van der Waals surface area contributed by atoms with Gasteiger partial charge in [0.15, 0.2) is 5.78 Å². The van der Waals surface area contributed by atoms with E-state index in [1.807, 2.05) is 91.0 Å². The highest BCUT2D eigenvalue weighted by molar-refractivity contribution is 5.88. The van der Waals surface area contributed by atoms with Crippen LogP contribution >= 0.6 is 0 Å². The molecule has 1 fully saturated rings. The molecule has 0 bridgehead atoms. The van der Waals surface area contributed by atoms with E-state index in [-0.39, 0.29) is 5.78 Å². The van der Waals surface area contributed by atoms with Crippen molar-refractivity contribution < 1.29 is 23.7 Å². The van der Waals surface area contributed by atoms with E-state index in [4.69, 9.17) is 18.9 Å². The molecule has 0 radical (unpaired) electrons. The summed E-state index contributed by atoms with van der Waals surface area (Å²) >= 11 is 0. The molecule has 5 heteroatoms. The van der Waals surface area contributed by atoms with Crippen LogP contribution in [0.4, 0.5) is 0 Å². The Morgan fingerprint density at radius 3 is 1.73 bits per heavy atom. The fourth-order valence-corrected chi connectivity index (χ4v) is 3.89. The molecule has 1 aliphatic heterocycles. The summed E-state index contributed by atoms with van der Waals surface area (Å²) in [7, 11) is 0. The van der Waals surface area contributed by atoms with Gasteiger partial charge in [0.2, 0.25) is 0 Å². The van der Waals surface area contributed by atoms with Crippen LogP contribution in [-0.2, 0) is 43.6 Å². The first-order chi connectivity index (χ1) is 16.2. The second-order valence-corrected chi connectivity index (χ2v) is 8.20. The maximum atomic E-state index is 13.0. The van der Waals surface area contributed by atoms with Crippen LogP contribution in [0.1, 0.15) is 23.6 Å². The van der Waals surface area contributed by atoms with Gasteiger partial charge in [0.05, 0.1) is 26.4 Å². The number of Topliss-reactive ketones (excluding diaryl/α,β-unsaturated/α-hetero) is 1. The zero-order chi connectivity index (χ0) is 22.9. The van der Waals surface area contributed by atoms with Crippen LogP contribution in [0.15, 0.2) is 91.0 Å². The second kappa shape index (κ2) is 11.9. The highest BCUT2D eigenvalue weighted by atomic mass is 16.6. The van der Waals surface area contributed by atoms with Crippen LogP contribution in [0.2, 0.25) is 0 Å². The smallest absolute Gasteiger partial charge is 0.192 e. The SMILES string of the molecule is C[C@@H]1O[C@H](COCc2ccccc2)[C@@H](OCc2ccccc2)[C@H](OCc2ccccc2)C1=O. The fourth-order valence-electron chi connectivity index (χ4n) is 3.89. The van der Waals surface area contributed by atoms with E-state index in [2.05, 4.69) is 0 Å². The molecule has 4 rings (SSSR count). The minimum absolute atomic E-state index is 0.108. The third kappa shape index (κ3) is 6.59. The maximum absolute atomic E-state index is 13.0. The van der Waals surface area contributed by atoms with Gasteiger partial charge in [-0.1, -0.05) is 91.0 Å². The minimum Gasteiger partial charge on any atom is -0.374 e.